The quantitative estimate of drug-likeness (QED) is 0.668. The van der Waals surface area contributed by atoms with Crippen molar-refractivity contribution >= 4 is 5.78 Å². The van der Waals surface area contributed by atoms with Gasteiger partial charge < -0.3 is 9.67 Å². The molecule has 0 spiro atoms. The lowest BCUT2D eigenvalue weighted by atomic mass is 9.74. The molecule has 120 valence electrons. The van der Waals surface area contributed by atoms with E-state index in [1.54, 1.807) is 6.92 Å². The number of allylic oxidation sites excluding steroid dienone is 1. The summed E-state index contributed by atoms with van der Waals surface area (Å²) in [5.74, 6) is 5.31. The van der Waals surface area contributed by atoms with Gasteiger partial charge in [0, 0.05) is 31.6 Å². The standard InChI is InChI=1S/C17H18N2O4/c1-10-7-13(20)12-8-16(12,2)17(10,23)6-5-11-9-18(3)15(22)19(4)14(11)21/h7,9,12,23H,8H2,1-4H3. The molecular formula is C17H18N2O4. The van der Waals surface area contributed by atoms with E-state index in [4.69, 9.17) is 0 Å². The number of rotatable bonds is 0. The molecule has 3 unspecified atom stereocenters. The van der Waals surface area contributed by atoms with Gasteiger partial charge in [-0.15, -0.1) is 0 Å². The molecule has 23 heavy (non-hydrogen) atoms. The third kappa shape index (κ3) is 1.97. The highest BCUT2D eigenvalue weighted by Gasteiger charge is 2.67. The second-order valence-corrected chi connectivity index (χ2v) is 6.66. The van der Waals surface area contributed by atoms with Gasteiger partial charge in [0.05, 0.1) is 0 Å². The largest absolute Gasteiger partial charge is 0.373 e. The Kier molecular flexibility index (Phi) is 3.07. The topological polar surface area (TPSA) is 81.3 Å². The molecule has 0 aromatic carbocycles. The van der Waals surface area contributed by atoms with Gasteiger partial charge in [0.25, 0.3) is 5.56 Å². The first kappa shape index (κ1) is 15.5. The van der Waals surface area contributed by atoms with E-state index >= 15 is 0 Å². The van der Waals surface area contributed by atoms with Crippen LogP contribution in [0.4, 0.5) is 0 Å². The summed E-state index contributed by atoms with van der Waals surface area (Å²) in [5.41, 5.74) is -2.36. The van der Waals surface area contributed by atoms with E-state index in [1.165, 1.54) is 30.9 Å². The first-order chi connectivity index (χ1) is 10.6. The van der Waals surface area contributed by atoms with Crippen LogP contribution >= 0.6 is 0 Å². The highest BCUT2D eigenvalue weighted by Crippen LogP contribution is 2.63. The molecule has 2 aliphatic rings. The molecule has 6 heteroatoms. The molecule has 1 heterocycles. The zero-order chi connectivity index (χ0) is 17.2. The summed E-state index contributed by atoms with van der Waals surface area (Å²) >= 11 is 0. The molecular weight excluding hydrogens is 296 g/mol. The lowest BCUT2D eigenvalue weighted by Gasteiger charge is -2.33. The van der Waals surface area contributed by atoms with E-state index in [0.717, 1.165) is 4.57 Å². The second-order valence-electron chi connectivity index (χ2n) is 6.66. The highest BCUT2D eigenvalue weighted by atomic mass is 16.3. The van der Waals surface area contributed by atoms with Crippen LogP contribution in [-0.4, -0.2) is 25.6 Å². The SMILES string of the molecule is CC1=CC(=O)C2CC2(C)C1(O)C#Cc1cn(C)c(=O)n(C)c1=O. The van der Waals surface area contributed by atoms with Crippen LogP contribution in [-0.2, 0) is 18.9 Å². The Bertz CT molecular complexity index is 940. The summed E-state index contributed by atoms with van der Waals surface area (Å²) in [6.07, 6.45) is 3.38. The minimum Gasteiger partial charge on any atom is -0.373 e. The molecule has 2 aliphatic carbocycles. The van der Waals surface area contributed by atoms with Crippen molar-refractivity contribution in [2.45, 2.75) is 25.9 Å². The first-order valence-electron chi connectivity index (χ1n) is 7.36. The van der Waals surface area contributed by atoms with Crippen molar-refractivity contribution in [3.8, 4) is 11.8 Å². The Hall–Kier alpha value is -2.39. The van der Waals surface area contributed by atoms with Crippen LogP contribution in [0.3, 0.4) is 0 Å². The summed E-state index contributed by atoms with van der Waals surface area (Å²) in [7, 11) is 2.91. The predicted molar refractivity (Wildman–Crippen MR) is 83.7 cm³/mol. The van der Waals surface area contributed by atoms with Crippen molar-refractivity contribution in [1.82, 2.24) is 9.13 Å². The zero-order valence-corrected chi connectivity index (χ0v) is 13.5. The second kappa shape index (κ2) is 4.56. The molecule has 6 nitrogen and oxygen atoms in total. The average molecular weight is 314 g/mol. The number of fused-ring (bicyclic) bond motifs is 1. The minimum absolute atomic E-state index is 0.0227. The number of nitrogens with zero attached hydrogens (tertiary/aromatic N) is 2. The highest BCUT2D eigenvalue weighted by molar-refractivity contribution is 5.97. The number of aryl methyl sites for hydroxylation is 1. The Labute approximate surface area is 133 Å². The molecule has 1 fully saturated rings. The van der Waals surface area contributed by atoms with E-state index in [1.807, 2.05) is 6.92 Å². The fraction of sp³-hybridized carbons (Fsp3) is 0.471. The van der Waals surface area contributed by atoms with Crippen LogP contribution in [0.5, 0.6) is 0 Å². The summed E-state index contributed by atoms with van der Waals surface area (Å²) in [4.78, 5) is 35.7. The molecule has 3 atom stereocenters. The number of aromatic nitrogens is 2. The van der Waals surface area contributed by atoms with E-state index in [2.05, 4.69) is 11.8 Å². The Morgan fingerprint density at radius 3 is 2.61 bits per heavy atom. The Morgan fingerprint density at radius 1 is 1.30 bits per heavy atom. The zero-order valence-electron chi connectivity index (χ0n) is 13.5. The maximum Gasteiger partial charge on any atom is 0.330 e. The van der Waals surface area contributed by atoms with Crippen LogP contribution in [0.25, 0.3) is 0 Å². The summed E-state index contributed by atoms with van der Waals surface area (Å²) < 4.78 is 2.24. The van der Waals surface area contributed by atoms with Gasteiger partial charge in [-0.25, -0.2) is 4.79 Å². The van der Waals surface area contributed by atoms with Gasteiger partial charge in [-0.05, 0) is 25.0 Å². The predicted octanol–water partition coefficient (Wildman–Crippen LogP) is -0.278. The van der Waals surface area contributed by atoms with Crippen molar-refractivity contribution < 1.29 is 9.90 Å². The van der Waals surface area contributed by atoms with Gasteiger partial charge in [0.1, 0.15) is 5.56 Å². The van der Waals surface area contributed by atoms with Crippen molar-refractivity contribution in [3.63, 3.8) is 0 Å². The number of carbonyl (C=O) groups is 1. The lowest BCUT2D eigenvalue weighted by Crippen LogP contribution is -2.43. The number of aliphatic hydroxyl groups is 1. The van der Waals surface area contributed by atoms with E-state index < -0.39 is 22.3 Å². The van der Waals surface area contributed by atoms with Crippen molar-refractivity contribution in [2.75, 3.05) is 0 Å². The van der Waals surface area contributed by atoms with Gasteiger partial charge in [-0.1, -0.05) is 18.8 Å². The van der Waals surface area contributed by atoms with Crippen LogP contribution < -0.4 is 11.2 Å². The van der Waals surface area contributed by atoms with Crippen LogP contribution in [0, 0.1) is 23.2 Å². The van der Waals surface area contributed by atoms with Gasteiger partial charge in [0.15, 0.2) is 11.4 Å². The monoisotopic (exact) mass is 314 g/mol. The fourth-order valence-electron chi connectivity index (χ4n) is 3.34. The number of hydrogen-bond donors (Lipinski definition) is 1. The molecule has 1 aromatic heterocycles. The molecule has 0 amide bonds. The molecule has 1 saturated carbocycles. The van der Waals surface area contributed by atoms with E-state index in [-0.39, 0.29) is 17.3 Å². The van der Waals surface area contributed by atoms with Gasteiger partial charge in [-0.3, -0.25) is 14.2 Å². The van der Waals surface area contributed by atoms with E-state index in [9.17, 15) is 19.5 Å². The third-order valence-corrected chi connectivity index (χ3v) is 5.16. The molecule has 1 N–H and O–H groups in total. The third-order valence-electron chi connectivity index (χ3n) is 5.16. The van der Waals surface area contributed by atoms with Crippen molar-refractivity contribution in [3.05, 3.63) is 44.2 Å². The van der Waals surface area contributed by atoms with Gasteiger partial charge in [0.2, 0.25) is 0 Å². The Balaban J connectivity index is 2.13. The maximum absolute atomic E-state index is 12.1. The van der Waals surface area contributed by atoms with Crippen molar-refractivity contribution in [1.29, 1.82) is 0 Å². The summed E-state index contributed by atoms with van der Waals surface area (Å²) in [5, 5.41) is 11.0. The van der Waals surface area contributed by atoms with Crippen LogP contribution in [0.2, 0.25) is 0 Å². The minimum atomic E-state index is -1.44. The van der Waals surface area contributed by atoms with Gasteiger partial charge in [-0.2, -0.15) is 0 Å². The molecule has 0 aliphatic heterocycles. The molecule has 1 aromatic rings. The Morgan fingerprint density at radius 2 is 1.96 bits per heavy atom. The van der Waals surface area contributed by atoms with Crippen LogP contribution in [0.15, 0.2) is 27.4 Å². The first-order valence-corrected chi connectivity index (χ1v) is 7.36. The lowest BCUT2D eigenvalue weighted by molar-refractivity contribution is -0.118. The molecule has 0 radical (unpaired) electrons. The maximum atomic E-state index is 12.1. The average Bonchev–Trinajstić information content (AvgIpc) is 3.20. The smallest absolute Gasteiger partial charge is 0.330 e. The summed E-state index contributed by atoms with van der Waals surface area (Å²) in [6, 6.07) is 0. The number of hydrogen-bond acceptors (Lipinski definition) is 4. The molecule has 3 rings (SSSR count). The number of ketones is 1. The van der Waals surface area contributed by atoms with Crippen molar-refractivity contribution in [2.24, 2.45) is 25.4 Å². The number of carbonyl (C=O) groups excluding carboxylic acids is 1. The van der Waals surface area contributed by atoms with E-state index in [0.29, 0.717) is 12.0 Å². The fourth-order valence-corrected chi connectivity index (χ4v) is 3.34. The van der Waals surface area contributed by atoms with Crippen LogP contribution in [0.1, 0.15) is 25.8 Å². The molecule has 0 saturated heterocycles. The summed E-state index contributed by atoms with van der Waals surface area (Å²) in [6.45, 7) is 3.50. The normalized spacial score (nSPS) is 31.8. The van der Waals surface area contributed by atoms with Gasteiger partial charge >= 0.3 is 5.69 Å². The molecule has 0 bridgehead atoms.